The van der Waals surface area contributed by atoms with Gasteiger partial charge < -0.3 is 18.9 Å². The van der Waals surface area contributed by atoms with Gasteiger partial charge in [0.05, 0.1) is 19.3 Å². The van der Waals surface area contributed by atoms with E-state index in [-0.39, 0.29) is 6.23 Å². The van der Waals surface area contributed by atoms with Gasteiger partial charge in [-0.15, -0.1) is 0 Å². The van der Waals surface area contributed by atoms with Crippen LogP contribution in [0.3, 0.4) is 0 Å². The SMILES string of the molecule is COc1ccc(N2CCO[C@@H]2c2ccn(-c3ccc(C(F)(F)F)cc3)c2)cc1. The van der Waals surface area contributed by atoms with Crippen LogP contribution in [0.1, 0.15) is 17.4 Å². The quantitative estimate of drug-likeness (QED) is 0.627. The molecule has 7 heteroatoms. The van der Waals surface area contributed by atoms with Gasteiger partial charge in [-0.05, 0) is 54.6 Å². The molecule has 4 rings (SSSR count). The molecule has 0 radical (unpaired) electrons. The average Bonchev–Trinajstić information content (AvgIpc) is 3.37. The van der Waals surface area contributed by atoms with E-state index in [9.17, 15) is 13.2 Å². The summed E-state index contributed by atoms with van der Waals surface area (Å²) in [7, 11) is 1.63. The molecule has 0 saturated carbocycles. The molecular weight excluding hydrogens is 369 g/mol. The van der Waals surface area contributed by atoms with Crippen molar-refractivity contribution in [2.75, 3.05) is 25.2 Å². The molecule has 0 spiro atoms. The Hall–Kier alpha value is -2.93. The highest BCUT2D eigenvalue weighted by molar-refractivity contribution is 5.51. The number of hydrogen-bond acceptors (Lipinski definition) is 3. The lowest BCUT2D eigenvalue weighted by Gasteiger charge is -2.24. The summed E-state index contributed by atoms with van der Waals surface area (Å²) in [6.07, 6.45) is -0.873. The molecule has 2 aromatic carbocycles. The maximum absolute atomic E-state index is 12.7. The lowest BCUT2D eigenvalue weighted by atomic mass is 10.2. The van der Waals surface area contributed by atoms with E-state index in [0.717, 1.165) is 35.7 Å². The van der Waals surface area contributed by atoms with E-state index >= 15 is 0 Å². The zero-order valence-electron chi connectivity index (χ0n) is 15.2. The van der Waals surface area contributed by atoms with E-state index in [4.69, 9.17) is 9.47 Å². The Labute approximate surface area is 160 Å². The molecule has 0 aliphatic carbocycles. The fourth-order valence-corrected chi connectivity index (χ4v) is 3.33. The van der Waals surface area contributed by atoms with Crippen molar-refractivity contribution < 1.29 is 22.6 Å². The molecule has 2 heterocycles. The molecule has 146 valence electrons. The number of ether oxygens (including phenoxy) is 2. The minimum atomic E-state index is -4.34. The minimum Gasteiger partial charge on any atom is -0.497 e. The van der Waals surface area contributed by atoms with Gasteiger partial charge in [0.15, 0.2) is 6.23 Å². The number of rotatable bonds is 4. The monoisotopic (exact) mass is 388 g/mol. The fourth-order valence-electron chi connectivity index (χ4n) is 3.33. The first kappa shape index (κ1) is 18.4. The van der Waals surface area contributed by atoms with Crippen molar-refractivity contribution in [3.63, 3.8) is 0 Å². The van der Waals surface area contributed by atoms with E-state index in [1.807, 2.05) is 42.7 Å². The highest BCUT2D eigenvalue weighted by Crippen LogP contribution is 2.34. The topological polar surface area (TPSA) is 26.6 Å². The van der Waals surface area contributed by atoms with Gasteiger partial charge in [-0.3, -0.25) is 0 Å². The van der Waals surface area contributed by atoms with Gasteiger partial charge in [0, 0.05) is 35.9 Å². The standard InChI is InChI=1S/C21H19F3N2O2/c1-27-19-8-6-18(7-9-19)26-12-13-28-20(26)15-10-11-25(14-15)17-4-2-16(3-5-17)21(22,23)24/h2-11,14,20H,12-13H2,1H3/t20-/m1/s1. The third-order valence-electron chi connectivity index (χ3n) is 4.79. The van der Waals surface area contributed by atoms with Gasteiger partial charge in [-0.25, -0.2) is 0 Å². The smallest absolute Gasteiger partial charge is 0.416 e. The van der Waals surface area contributed by atoms with E-state index in [0.29, 0.717) is 12.3 Å². The van der Waals surface area contributed by atoms with Crippen LogP contribution < -0.4 is 9.64 Å². The van der Waals surface area contributed by atoms with Crippen molar-refractivity contribution >= 4 is 5.69 Å². The minimum absolute atomic E-state index is 0.246. The van der Waals surface area contributed by atoms with Crippen molar-refractivity contribution in [2.45, 2.75) is 12.4 Å². The van der Waals surface area contributed by atoms with Crippen molar-refractivity contribution in [1.82, 2.24) is 4.57 Å². The lowest BCUT2D eigenvalue weighted by Crippen LogP contribution is -2.22. The number of hydrogen-bond donors (Lipinski definition) is 0. The number of nitrogens with zero attached hydrogens (tertiary/aromatic N) is 2. The third-order valence-corrected chi connectivity index (χ3v) is 4.79. The Bertz CT molecular complexity index is 934. The summed E-state index contributed by atoms with van der Waals surface area (Å²) in [6, 6.07) is 14.8. The molecule has 0 amide bonds. The molecule has 1 saturated heterocycles. The molecule has 0 N–H and O–H groups in total. The molecular formula is C21H19F3N2O2. The van der Waals surface area contributed by atoms with Gasteiger partial charge in [-0.1, -0.05) is 0 Å². The zero-order chi connectivity index (χ0) is 19.7. The second kappa shape index (κ2) is 7.24. The Morgan fingerprint density at radius 1 is 0.964 bits per heavy atom. The maximum atomic E-state index is 12.7. The van der Waals surface area contributed by atoms with Crippen molar-refractivity contribution in [2.24, 2.45) is 0 Å². The van der Waals surface area contributed by atoms with Crippen LogP contribution in [0.2, 0.25) is 0 Å². The fraction of sp³-hybridized carbons (Fsp3) is 0.238. The molecule has 28 heavy (non-hydrogen) atoms. The van der Waals surface area contributed by atoms with Gasteiger partial charge in [0.1, 0.15) is 5.75 Å². The van der Waals surface area contributed by atoms with Crippen LogP contribution in [0.5, 0.6) is 5.75 Å². The van der Waals surface area contributed by atoms with Crippen LogP contribution in [0.4, 0.5) is 18.9 Å². The highest BCUT2D eigenvalue weighted by atomic mass is 19.4. The van der Waals surface area contributed by atoms with E-state index in [1.54, 1.807) is 11.7 Å². The van der Waals surface area contributed by atoms with E-state index in [1.165, 1.54) is 12.1 Å². The largest absolute Gasteiger partial charge is 0.497 e. The second-order valence-corrected chi connectivity index (χ2v) is 6.51. The normalized spacial score (nSPS) is 17.1. The van der Waals surface area contributed by atoms with Crippen LogP contribution in [-0.2, 0) is 10.9 Å². The van der Waals surface area contributed by atoms with Crippen molar-refractivity contribution in [3.8, 4) is 11.4 Å². The lowest BCUT2D eigenvalue weighted by molar-refractivity contribution is -0.137. The Morgan fingerprint density at radius 2 is 1.64 bits per heavy atom. The number of alkyl halides is 3. The molecule has 0 bridgehead atoms. The van der Waals surface area contributed by atoms with Crippen molar-refractivity contribution in [1.29, 1.82) is 0 Å². The third kappa shape index (κ3) is 3.57. The van der Waals surface area contributed by atoms with Crippen LogP contribution in [0, 0.1) is 0 Å². The summed E-state index contributed by atoms with van der Waals surface area (Å²) in [5, 5.41) is 0. The molecule has 4 nitrogen and oxygen atoms in total. The molecule has 1 aliphatic rings. The number of benzene rings is 2. The maximum Gasteiger partial charge on any atom is 0.416 e. The van der Waals surface area contributed by atoms with Gasteiger partial charge in [0.25, 0.3) is 0 Å². The first-order valence-corrected chi connectivity index (χ1v) is 8.83. The van der Waals surface area contributed by atoms with Gasteiger partial charge >= 0.3 is 6.18 Å². The molecule has 0 unspecified atom stereocenters. The second-order valence-electron chi connectivity index (χ2n) is 6.51. The van der Waals surface area contributed by atoms with Gasteiger partial charge in [0.2, 0.25) is 0 Å². The average molecular weight is 388 g/mol. The summed E-state index contributed by atoms with van der Waals surface area (Å²) in [5.74, 6) is 0.786. The number of anilines is 1. The summed E-state index contributed by atoms with van der Waals surface area (Å²) >= 11 is 0. The van der Waals surface area contributed by atoms with Crippen LogP contribution >= 0.6 is 0 Å². The Morgan fingerprint density at radius 3 is 2.29 bits per heavy atom. The summed E-state index contributed by atoms with van der Waals surface area (Å²) < 4.78 is 51.1. The molecule has 1 fully saturated rings. The number of aromatic nitrogens is 1. The zero-order valence-corrected chi connectivity index (χ0v) is 15.2. The molecule has 1 atom stereocenters. The predicted molar refractivity (Wildman–Crippen MR) is 99.8 cm³/mol. The molecule has 1 aromatic heterocycles. The van der Waals surface area contributed by atoms with Gasteiger partial charge in [-0.2, -0.15) is 13.2 Å². The van der Waals surface area contributed by atoms with Crippen LogP contribution in [-0.4, -0.2) is 24.8 Å². The first-order valence-electron chi connectivity index (χ1n) is 8.83. The number of methoxy groups -OCH3 is 1. The van der Waals surface area contributed by atoms with E-state index < -0.39 is 11.7 Å². The summed E-state index contributed by atoms with van der Waals surface area (Å²) in [5.41, 5.74) is 1.96. The first-order chi connectivity index (χ1) is 13.5. The van der Waals surface area contributed by atoms with Crippen LogP contribution in [0.25, 0.3) is 5.69 Å². The summed E-state index contributed by atoms with van der Waals surface area (Å²) in [4.78, 5) is 2.14. The van der Waals surface area contributed by atoms with Crippen LogP contribution in [0.15, 0.2) is 67.0 Å². The number of halogens is 3. The molecule has 3 aromatic rings. The Balaban J connectivity index is 1.56. The highest BCUT2D eigenvalue weighted by Gasteiger charge is 2.30. The predicted octanol–water partition coefficient (Wildman–Crippen LogP) is 5.04. The summed E-state index contributed by atoms with van der Waals surface area (Å²) in [6.45, 7) is 1.35. The van der Waals surface area contributed by atoms with Crippen molar-refractivity contribution in [3.05, 3.63) is 78.1 Å². The Kier molecular flexibility index (Phi) is 4.77. The van der Waals surface area contributed by atoms with E-state index in [2.05, 4.69) is 4.90 Å². The molecule has 1 aliphatic heterocycles.